The zero-order chi connectivity index (χ0) is 18.6. The number of carbonyl (C=O) groups excluding carboxylic acids is 2. The van der Waals surface area contributed by atoms with Crippen LogP contribution < -0.4 is 14.8 Å². The van der Waals surface area contributed by atoms with Gasteiger partial charge >= 0.3 is 0 Å². The highest BCUT2D eigenvalue weighted by Gasteiger charge is 2.32. The fourth-order valence-electron chi connectivity index (χ4n) is 3.11. The molecule has 1 heterocycles. The fourth-order valence-corrected chi connectivity index (χ4v) is 3.11. The molecule has 0 radical (unpaired) electrons. The smallest absolute Gasteiger partial charge is 0.243 e. The van der Waals surface area contributed by atoms with Crippen LogP contribution in [0.25, 0.3) is 0 Å². The number of methoxy groups -OCH3 is 1. The number of hydrogen-bond donors (Lipinski definition) is 1. The lowest BCUT2D eigenvalue weighted by atomic mass is 10.1. The molecule has 1 aliphatic heterocycles. The molecule has 138 valence electrons. The van der Waals surface area contributed by atoms with E-state index in [1.165, 1.54) is 6.92 Å². The lowest BCUT2D eigenvalue weighted by Crippen LogP contribution is -2.45. The first-order valence-corrected chi connectivity index (χ1v) is 8.75. The summed E-state index contributed by atoms with van der Waals surface area (Å²) >= 11 is 0. The first kappa shape index (κ1) is 19.1. The molecule has 2 rings (SSSR count). The Bertz CT molecular complexity index is 630. The van der Waals surface area contributed by atoms with Crippen molar-refractivity contribution >= 4 is 11.8 Å². The van der Waals surface area contributed by atoms with Crippen LogP contribution in [0.5, 0.6) is 11.5 Å². The average molecular weight is 348 g/mol. The van der Waals surface area contributed by atoms with Crippen LogP contribution in [0.3, 0.4) is 0 Å². The second kappa shape index (κ2) is 8.23. The molecule has 2 amide bonds. The van der Waals surface area contributed by atoms with Gasteiger partial charge in [0.05, 0.1) is 19.3 Å². The van der Waals surface area contributed by atoms with E-state index in [4.69, 9.17) is 9.47 Å². The highest BCUT2D eigenvalue weighted by Crippen LogP contribution is 2.31. The number of benzene rings is 1. The molecule has 0 aliphatic carbocycles. The van der Waals surface area contributed by atoms with E-state index in [1.807, 2.05) is 39.0 Å². The summed E-state index contributed by atoms with van der Waals surface area (Å²) in [6, 6.07) is 5.09. The van der Waals surface area contributed by atoms with Crippen LogP contribution in [0.1, 0.15) is 52.1 Å². The van der Waals surface area contributed by atoms with Crippen molar-refractivity contribution in [1.29, 1.82) is 0 Å². The van der Waals surface area contributed by atoms with E-state index in [-0.39, 0.29) is 30.0 Å². The average Bonchev–Trinajstić information content (AvgIpc) is 3.04. The second-order valence-corrected chi connectivity index (χ2v) is 6.68. The quantitative estimate of drug-likeness (QED) is 0.858. The van der Waals surface area contributed by atoms with Gasteiger partial charge in [0.1, 0.15) is 6.04 Å². The molecule has 2 atom stereocenters. The Morgan fingerprint density at radius 3 is 2.56 bits per heavy atom. The standard InChI is InChI=1S/C19H28N2O4/c1-12(2)25-17-9-8-15(11-18(17)24-5)13(3)20-19(23)16-7-6-10-21(16)14(4)22/h8-9,11-13,16H,6-7,10H2,1-5H3,(H,20,23)/t13-,16-/m1/s1. The molecule has 0 bridgehead atoms. The van der Waals surface area contributed by atoms with Crippen LogP contribution in [-0.2, 0) is 9.59 Å². The number of hydrogen-bond acceptors (Lipinski definition) is 4. The molecule has 1 aromatic rings. The maximum atomic E-state index is 12.5. The van der Waals surface area contributed by atoms with E-state index in [2.05, 4.69) is 5.32 Å². The van der Waals surface area contributed by atoms with E-state index in [0.717, 1.165) is 12.0 Å². The van der Waals surface area contributed by atoms with Crippen molar-refractivity contribution in [2.24, 2.45) is 0 Å². The van der Waals surface area contributed by atoms with Crippen LogP contribution in [0.4, 0.5) is 0 Å². The van der Waals surface area contributed by atoms with E-state index in [9.17, 15) is 9.59 Å². The normalized spacial score (nSPS) is 18.2. The highest BCUT2D eigenvalue weighted by atomic mass is 16.5. The molecular weight excluding hydrogens is 320 g/mol. The zero-order valence-electron chi connectivity index (χ0n) is 15.7. The number of ether oxygens (including phenoxy) is 2. The Morgan fingerprint density at radius 2 is 1.96 bits per heavy atom. The molecule has 6 heteroatoms. The summed E-state index contributed by atoms with van der Waals surface area (Å²) < 4.78 is 11.1. The van der Waals surface area contributed by atoms with Gasteiger partial charge in [-0.2, -0.15) is 0 Å². The summed E-state index contributed by atoms with van der Waals surface area (Å²) in [6.07, 6.45) is 1.63. The predicted molar refractivity (Wildman–Crippen MR) is 95.7 cm³/mol. The minimum absolute atomic E-state index is 0.0526. The van der Waals surface area contributed by atoms with E-state index in [1.54, 1.807) is 12.0 Å². The third kappa shape index (κ3) is 4.65. The van der Waals surface area contributed by atoms with Gasteiger partial charge in [0.15, 0.2) is 11.5 Å². The van der Waals surface area contributed by atoms with Crippen molar-refractivity contribution in [3.63, 3.8) is 0 Å². The van der Waals surface area contributed by atoms with Gasteiger partial charge in [-0.1, -0.05) is 6.07 Å². The molecule has 1 aliphatic rings. The van der Waals surface area contributed by atoms with Gasteiger partial charge in [0.25, 0.3) is 0 Å². The fraction of sp³-hybridized carbons (Fsp3) is 0.579. The van der Waals surface area contributed by atoms with Gasteiger partial charge in [-0.05, 0) is 51.3 Å². The minimum Gasteiger partial charge on any atom is -0.493 e. The molecule has 1 fully saturated rings. The number of amides is 2. The van der Waals surface area contributed by atoms with Gasteiger partial charge < -0.3 is 19.7 Å². The molecule has 25 heavy (non-hydrogen) atoms. The lowest BCUT2D eigenvalue weighted by molar-refractivity contribution is -0.137. The number of carbonyl (C=O) groups is 2. The monoisotopic (exact) mass is 348 g/mol. The SMILES string of the molecule is COc1cc([C@@H](C)NC(=O)[C@H]2CCCN2C(C)=O)ccc1OC(C)C. The van der Waals surface area contributed by atoms with Crippen molar-refractivity contribution in [2.75, 3.05) is 13.7 Å². The molecule has 0 saturated carbocycles. The van der Waals surface area contributed by atoms with Crippen LogP contribution in [0.2, 0.25) is 0 Å². The Morgan fingerprint density at radius 1 is 1.24 bits per heavy atom. The molecule has 1 N–H and O–H groups in total. The first-order chi connectivity index (χ1) is 11.8. The number of rotatable bonds is 6. The third-order valence-electron chi connectivity index (χ3n) is 4.37. The number of nitrogens with zero attached hydrogens (tertiary/aromatic N) is 1. The summed E-state index contributed by atoms with van der Waals surface area (Å²) in [5, 5.41) is 3.01. The molecular formula is C19H28N2O4. The van der Waals surface area contributed by atoms with Crippen molar-refractivity contribution in [3.05, 3.63) is 23.8 Å². The maximum absolute atomic E-state index is 12.5. The van der Waals surface area contributed by atoms with Crippen LogP contribution in [0, 0.1) is 0 Å². The largest absolute Gasteiger partial charge is 0.493 e. The second-order valence-electron chi connectivity index (χ2n) is 6.68. The van der Waals surface area contributed by atoms with Crippen LogP contribution in [-0.4, -0.2) is 42.5 Å². The molecule has 0 unspecified atom stereocenters. The van der Waals surface area contributed by atoms with Crippen LogP contribution >= 0.6 is 0 Å². The van der Waals surface area contributed by atoms with E-state index >= 15 is 0 Å². The Balaban J connectivity index is 2.08. The number of likely N-dealkylation sites (tertiary alicyclic amines) is 1. The van der Waals surface area contributed by atoms with Crippen LogP contribution in [0.15, 0.2) is 18.2 Å². The van der Waals surface area contributed by atoms with Gasteiger partial charge in [-0.3, -0.25) is 9.59 Å². The molecule has 0 aromatic heterocycles. The van der Waals surface area contributed by atoms with Crippen molar-refractivity contribution in [1.82, 2.24) is 10.2 Å². The highest BCUT2D eigenvalue weighted by molar-refractivity contribution is 5.87. The van der Waals surface area contributed by atoms with Gasteiger partial charge in [-0.15, -0.1) is 0 Å². The van der Waals surface area contributed by atoms with E-state index < -0.39 is 0 Å². The summed E-state index contributed by atoms with van der Waals surface area (Å²) in [4.78, 5) is 25.8. The summed E-state index contributed by atoms with van der Waals surface area (Å²) in [6.45, 7) is 7.99. The van der Waals surface area contributed by atoms with Gasteiger partial charge in [-0.25, -0.2) is 0 Å². The molecule has 1 aromatic carbocycles. The third-order valence-corrected chi connectivity index (χ3v) is 4.37. The predicted octanol–water partition coefficient (Wildman–Crippen LogP) is 2.67. The van der Waals surface area contributed by atoms with E-state index in [0.29, 0.717) is 24.5 Å². The molecule has 6 nitrogen and oxygen atoms in total. The van der Waals surface area contributed by atoms with Crippen molar-refractivity contribution < 1.29 is 19.1 Å². The zero-order valence-corrected chi connectivity index (χ0v) is 15.7. The van der Waals surface area contributed by atoms with Gasteiger partial charge in [0, 0.05) is 13.5 Å². The Labute approximate surface area is 149 Å². The minimum atomic E-state index is -0.370. The van der Waals surface area contributed by atoms with Crippen molar-refractivity contribution in [2.45, 2.75) is 58.7 Å². The summed E-state index contributed by atoms with van der Waals surface area (Å²) in [5.74, 6) is 1.15. The Kier molecular flexibility index (Phi) is 6.28. The summed E-state index contributed by atoms with van der Waals surface area (Å²) in [5.41, 5.74) is 0.925. The summed E-state index contributed by atoms with van der Waals surface area (Å²) in [7, 11) is 1.60. The molecule has 0 spiro atoms. The lowest BCUT2D eigenvalue weighted by Gasteiger charge is -2.25. The maximum Gasteiger partial charge on any atom is 0.243 e. The number of nitrogens with one attached hydrogen (secondary N) is 1. The van der Waals surface area contributed by atoms with Crippen molar-refractivity contribution in [3.8, 4) is 11.5 Å². The topological polar surface area (TPSA) is 67.9 Å². The molecule has 1 saturated heterocycles. The Hall–Kier alpha value is -2.24. The van der Waals surface area contributed by atoms with Gasteiger partial charge in [0.2, 0.25) is 11.8 Å². The first-order valence-electron chi connectivity index (χ1n) is 8.75.